The summed E-state index contributed by atoms with van der Waals surface area (Å²) in [5.41, 5.74) is 7.73. The number of fused-ring (bicyclic) bond motifs is 1. The van der Waals surface area contributed by atoms with Crippen LogP contribution in [0.25, 0.3) is 11.0 Å². The smallest absolute Gasteiger partial charge is 0.227 e. The zero-order chi connectivity index (χ0) is 16.4. The number of hydrogen-bond donors (Lipinski definition) is 1. The van der Waals surface area contributed by atoms with Gasteiger partial charge >= 0.3 is 0 Å². The summed E-state index contributed by atoms with van der Waals surface area (Å²) in [4.78, 5) is 14.7. The second-order valence-corrected chi connectivity index (χ2v) is 6.31. The van der Waals surface area contributed by atoms with Gasteiger partial charge in [-0.3, -0.25) is 4.79 Å². The van der Waals surface area contributed by atoms with Crippen molar-refractivity contribution in [2.45, 2.75) is 44.7 Å². The van der Waals surface area contributed by atoms with E-state index >= 15 is 0 Å². The van der Waals surface area contributed by atoms with Crippen molar-refractivity contribution in [1.29, 1.82) is 0 Å². The minimum absolute atomic E-state index is 0.00426. The van der Waals surface area contributed by atoms with E-state index in [1.54, 1.807) is 13.4 Å². The van der Waals surface area contributed by atoms with E-state index in [-0.39, 0.29) is 18.0 Å². The number of carbonyl (C=O) groups is 1. The fourth-order valence-electron chi connectivity index (χ4n) is 3.41. The highest BCUT2D eigenvalue weighted by Crippen LogP contribution is 2.27. The third kappa shape index (κ3) is 3.20. The van der Waals surface area contributed by atoms with Crippen LogP contribution in [-0.2, 0) is 11.2 Å². The molecule has 5 nitrogen and oxygen atoms in total. The van der Waals surface area contributed by atoms with Crippen LogP contribution in [0.2, 0.25) is 0 Å². The number of furan rings is 1. The maximum Gasteiger partial charge on any atom is 0.227 e. The molecule has 1 aromatic heterocycles. The first-order valence-electron chi connectivity index (χ1n) is 8.19. The quantitative estimate of drug-likeness (QED) is 0.941. The fourth-order valence-corrected chi connectivity index (χ4v) is 3.41. The maximum atomic E-state index is 12.8. The molecule has 2 N–H and O–H groups in total. The molecule has 2 aromatic rings. The summed E-state index contributed by atoms with van der Waals surface area (Å²) >= 11 is 0. The van der Waals surface area contributed by atoms with Gasteiger partial charge in [-0.1, -0.05) is 0 Å². The number of methoxy groups -OCH3 is 1. The number of benzene rings is 1. The molecule has 0 bridgehead atoms. The lowest BCUT2D eigenvalue weighted by molar-refractivity contribution is -0.134. The molecule has 0 radical (unpaired) electrons. The molecular weight excluding hydrogens is 292 g/mol. The molecule has 124 valence electrons. The highest BCUT2D eigenvalue weighted by atomic mass is 16.5. The van der Waals surface area contributed by atoms with Crippen LogP contribution in [0.3, 0.4) is 0 Å². The average molecular weight is 316 g/mol. The van der Waals surface area contributed by atoms with Crippen molar-refractivity contribution < 1.29 is 13.9 Å². The van der Waals surface area contributed by atoms with Gasteiger partial charge < -0.3 is 19.8 Å². The minimum atomic E-state index is 0.00426. The van der Waals surface area contributed by atoms with E-state index in [0.29, 0.717) is 6.42 Å². The molecule has 1 amide bonds. The monoisotopic (exact) mass is 316 g/mol. The predicted molar refractivity (Wildman–Crippen MR) is 89.5 cm³/mol. The highest BCUT2D eigenvalue weighted by Gasteiger charge is 2.29. The van der Waals surface area contributed by atoms with Crippen molar-refractivity contribution in [2.75, 3.05) is 13.7 Å². The van der Waals surface area contributed by atoms with Gasteiger partial charge in [0, 0.05) is 35.6 Å². The largest absolute Gasteiger partial charge is 0.497 e. The number of likely N-dealkylation sites (tertiary alicyclic amines) is 1. The maximum absolute atomic E-state index is 12.8. The van der Waals surface area contributed by atoms with E-state index in [4.69, 9.17) is 14.9 Å². The Bertz CT molecular complexity index is 693. The van der Waals surface area contributed by atoms with Crippen molar-refractivity contribution >= 4 is 16.9 Å². The molecule has 3 rings (SSSR count). The SMILES string of the molecule is COc1ccc2c(CC(=O)N3CCCCC3C(C)N)coc2c1. The van der Waals surface area contributed by atoms with Gasteiger partial charge in [0.25, 0.3) is 0 Å². The lowest BCUT2D eigenvalue weighted by atomic mass is 9.96. The van der Waals surface area contributed by atoms with Crippen LogP contribution in [0.15, 0.2) is 28.9 Å². The summed E-state index contributed by atoms with van der Waals surface area (Å²) in [6.45, 7) is 2.78. The van der Waals surface area contributed by atoms with E-state index in [0.717, 1.165) is 48.1 Å². The highest BCUT2D eigenvalue weighted by molar-refractivity contribution is 5.88. The van der Waals surface area contributed by atoms with Gasteiger partial charge in [0.15, 0.2) is 0 Å². The molecule has 0 aliphatic carbocycles. The summed E-state index contributed by atoms with van der Waals surface area (Å²) < 4.78 is 10.8. The van der Waals surface area contributed by atoms with E-state index in [9.17, 15) is 4.79 Å². The van der Waals surface area contributed by atoms with E-state index < -0.39 is 0 Å². The molecule has 1 aliphatic heterocycles. The molecule has 0 spiro atoms. The first kappa shape index (κ1) is 15.9. The molecule has 23 heavy (non-hydrogen) atoms. The molecular formula is C18H24N2O3. The van der Waals surface area contributed by atoms with Crippen LogP contribution in [0.5, 0.6) is 5.75 Å². The number of carbonyl (C=O) groups excluding carboxylic acids is 1. The number of hydrogen-bond acceptors (Lipinski definition) is 4. The summed E-state index contributed by atoms with van der Waals surface area (Å²) in [6.07, 6.45) is 5.21. The summed E-state index contributed by atoms with van der Waals surface area (Å²) in [6, 6.07) is 5.82. The van der Waals surface area contributed by atoms with E-state index in [1.165, 1.54) is 0 Å². The van der Waals surface area contributed by atoms with Crippen LogP contribution in [-0.4, -0.2) is 36.5 Å². The molecule has 2 unspecified atom stereocenters. The molecule has 0 saturated carbocycles. The zero-order valence-electron chi connectivity index (χ0n) is 13.7. The Labute approximate surface area is 136 Å². The standard InChI is InChI=1S/C18H24N2O3/c1-12(19)16-5-3-4-8-20(16)18(21)9-13-11-23-17-10-14(22-2)6-7-15(13)17/h6-7,10-12,16H,3-5,8-9,19H2,1-2H3. The second-order valence-electron chi connectivity index (χ2n) is 6.31. The summed E-state index contributed by atoms with van der Waals surface area (Å²) in [5, 5.41) is 0.966. The Kier molecular flexibility index (Phi) is 4.57. The van der Waals surface area contributed by atoms with Crippen molar-refractivity contribution in [1.82, 2.24) is 4.90 Å². The van der Waals surface area contributed by atoms with Gasteiger partial charge in [0.1, 0.15) is 11.3 Å². The number of nitrogens with zero attached hydrogens (tertiary/aromatic N) is 1. The third-order valence-corrected chi connectivity index (χ3v) is 4.68. The minimum Gasteiger partial charge on any atom is -0.497 e. The number of nitrogens with two attached hydrogens (primary N) is 1. The Morgan fingerprint density at radius 2 is 2.30 bits per heavy atom. The average Bonchev–Trinajstić information content (AvgIpc) is 2.96. The Morgan fingerprint density at radius 1 is 1.48 bits per heavy atom. The summed E-state index contributed by atoms with van der Waals surface area (Å²) in [7, 11) is 1.62. The Hall–Kier alpha value is -2.01. The van der Waals surface area contributed by atoms with Crippen LogP contribution in [0.1, 0.15) is 31.7 Å². The second kappa shape index (κ2) is 6.62. The Morgan fingerprint density at radius 3 is 3.04 bits per heavy atom. The molecule has 1 aliphatic rings. The predicted octanol–water partition coefficient (Wildman–Crippen LogP) is 2.71. The molecule has 2 atom stereocenters. The third-order valence-electron chi connectivity index (χ3n) is 4.68. The van der Waals surface area contributed by atoms with Gasteiger partial charge in [0.05, 0.1) is 19.8 Å². The van der Waals surface area contributed by atoms with Crippen molar-refractivity contribution in [2.24, 2.45) is 5.73 Å². The Balaban J connectivity index is 1.79. The van der Waals surface area contributed by atoms with E-state index in [1.807, 2.05) is 30.0 Å². The van der Waals surface area contributed by atoms with Crippen molar-refractivity contribution in [3.8, 4) is 5.75 Å². The van der Waals surface area contributed by atoms with Crippen LogP contribution in [0.4, 0.5) is 0 Å². The number of rotatable bonds is 4. The fraction of sp³-hybridized carbons (Fsp3) is 0.500. The molecule has 1 fully saturated rings. The first-order chi connectivity index (χ1) is 11.1. The van der Waals surface area contributed by atoms with E-state index in [2.05, 4.69) is 0 Å². The van der Waals surface area contributed by atoms with Crippen molar-refractivity contribution in [3.05, 3.63) is 30.0 Å². The lowest BCUT2D eigenvalue weighted by Gasteiger charge is -2.38. The molecule has 5 heteroatoms. The molecule has 1 saturated heterocycles. The van der Waals surface area contributed by atoms with Gasteiger partial charge in [-0.25, -0.2) is 0 Å². The van der Waals surface area contributed by atoms with Crippen LogP contribution < -0.4 is 10.5 Å². The van der Waals surface area contributed by atoms with Crippen LogP contribution in [0, 0.1) is 0 Å². The van der Waals surface area contributed by atoms with Gasteiger partial charge in [-0.05, 0) is 38.3 Å². The topological polar surface area (TPSA) is 68.7 Å². The lowest BCUT2D eigenvalue weighted by Crippen LogP contribution is -2.52. The zero-order valence-corrected chi connectivity index (χ0v) is 13.7. The van der Waals surface area contributed by atoms with Gasteiger partial charge in [0.2, 0.25) is 5.91 Å². The molecule has 1 aromatic carbocycles. The van der Waals surface area contributed by atoms with Crippen LogP contribution >= 0.6 is 0 Å². The van der Waals surface area contributed by atoms with Gasteiger partial charge in [-0.15, -0.1) is 0 Å². The number of amides is 1. The normalized spacial score (nSPS) is 19.8. The molecule has 2 heterocycles. The number of ether oxygens (including phenoxy) is 1. The summed E-state index contributed by atoms with van der Waals surface area (Å²) in [5.74, 6) is 0.878. The van der Waals surface area contributed by atoms with Gasteiger partial charge in [-0.2, -0.15) is 0 Å². The van der Waals surface area contributed by atoms with Crippen molar-refractivity contribution in [3.63, 3.8) is 0 Å². The first-order valence-corrected chi connectivity index (χ1v) is 8.19. The number of piperidine rings is 1.